The normalized spacial score (nSPS) is 10.3. The number of benzene rings is 2. The Morgan fingerprint density at radius 3 is 2.73 bits per heavy atom. The first-order valence-electron chi connectivity index (χ1n) is 6.84. The summed E-state index contributed by atoms with van der Waals surface area (Å²) >= 11 is 4.97. The molecule has 0 atom stereocenters. The smallest absolute Gasteiger partial charge is 0.232 e. The van der Waals surface area contributed by atoms with E-state index in [2.05, 4.69) is 15.9 Å². The highest BCUT2D eigenvalue weighted by Crippen LogP contribution is 2.23. The molecule has 5 heteroatoms. The van der Waals surface area contributed by atoms with Crippen LogP contribution in [0.4, 0.5) is 0 Å². The van der Waals surface area contributed by atoms with E-state index in [0.29, 0.717) is 12.3 Å². The Labute approximate surface area is 143 Å². The largest absolute Gasteiger partial charge is 0.496 e. The fraction of sp³-hybridized carbons (Fsp3) is 0.235. The van der Waals surface area contributed by atoms with Crippen LogP contribution in [0, 0.1) is 0 Å². The fourth-order valence-electron chi connectivity index (χ4n) is 1.99. The molecule has 0 spiro atoms. The van der Waals surface area contributed by atoms with Crippen LogP contribution < -0.4 is 4.74 Å². The predicted octanol–water partition coefficient (Wildman–Crippen LogP) is 4.21. The third kappa shape index (κ3) is 4.78. The lowest BCUT2D eigenvalue weighted by atomic mass is 10.2. The van der Waals surface area contributed by atoms with E-state index >= 15 is 0 Å². The summed E-state index contributed by atoms with van der Waals surface area (Å²) in [5.41, 5.74) is 1.01. The van der Waals surface area contributed by atoms with Crippen molar-refractivity contribution in [2.75, 3.05) is 19.9 Å². The lowest BCUT2D eigenvalue weighted by molar-refractivity contribution is -0.127. The molecule has 0 aliphatic rings. The lowest BCUT2D eigenvalue weighted by Gasteiger charge is -2.18. The molecule has 2 rings (SSSR count). The summed E-state index contributed by atoms with van der Waals surface area (Å²) in [4.78, 5) is 15.1. The number of nitrogens with zero attached hydrogens (tertiary/aromatic N) is 1. The quantitative estimate of drug-likeness (QED) is 0.704. The average Bonchev–Trinajstić information content (AvgIpc) is 2.53. The number of hydrogen-bond acceptors (Lipinski definition) is 3. The molecule has 0 saturated carbocycles. The first-order valence-corrected chi connectivity index (χ1v) is 8.62. The molecule has 116 valence electrons. The van der Waals surface area contributed by atoms with Crippen molar-refractivity contribution in [1.82, 2.24) is 4.90 Å². The number of carbonyl (C=O) groups is 1. The van der Waals surface area contributed by atoms with Gasteiger partial charge in [0.05, 0.1) is 12.9 Å². The standard InChI is InChI=1S/C17H18BrNO2S/c1-19(11-13-6-3-4-9-16(13)21-2)17(20)12-22-15-8-5-7-14(18)10-15/h3-10H,11-12H2,1-2H3. The second-order valence-electron chi connectivity index (χ2n) is 4.81. The molecule has 0 aliphatic heterocycles. The first-order chi connectivity index (χ1) is 10.6. The molecule has 0 unspecified atom stereocenters. The van der Waals surface area contributed by atoms with Gasteiger partial charge >= 0.3 is 0 Å². The van der Waals surface area contributed by atoms with Gasteiger partial charge in [-0.1, -0.05) is 40.2 Å². The summed E-state index contributed by atoms with van der Waals surface area (Å²) in [6.45, 7) is 0.544. The monoisotopic (exact) mass is 379 g/mol. The van der Waals surface area contributed by atoms with Crippen molar-refractivity contribution >= 4 is 33.6 Å². The molecule has 22 heavy (non-hydrogen) atoms. The van der Waals surface area contributed by atoms with Gasteiger partial charge in [0.15, 0.2) is 0 Å². The molecule has 0 N–H and O–H groups in total. The number of para-hydroxylation sites is 1. The number of halogens is 1. The SMILES string of the molecule is COc1ccccc1CN(C)C(=O)CSc1cccc(Br)c1. The van der Waals surface area contributed by atoms with Crippen LogP contribution in [-0.2, 0) is 11.3 Å². The highest BCUT2D eigenvalue weighted by atomic mass is 79.9. The summed E-state index contributed by atoms with van der Waals surface area (Å²) in [5, 5.41) is 0. The van der Waals surface area contributed by atoms with E-state index in [1.54, 1.807) is 12.0 Å². The Bertz CT molecular complexity index is 648. The van der Waals surface area contributed by atoms with Gasteiger partial charge in [0.2, 0.25) is 5.91 Å². The molecule has 2 aromatic carbocycles. The van der Waals surface area contributed by atoms with Crippen molar-refractivity contribution in [3.05, 3.63) is 58.6 Å². The van der Waals surface area contributed by atoms with E-state index in [1.165, 1.54) is 11.8 Å². The molecule has 0 radical (unpaired) electrons. The topological polar surface area (TPSA) is 29.5 Å². The minimum absolute atomic E-state index is 0.0934. The summed E-state index contributed by atoms with van der Waals surface area (Å²) in [7, 11) is 3.46. The Balaban J connectivity index is 1.92. The van der Waals surface area contributed by atoms with E-state index in [1.807, 2.05) is 55.6 Å². The molecule has 1 amide bonds. The summed E-state index contributed by atoms with van der Waals surface area (Å²) in [6, 6.07) is 15.7. The van der Waals surface area contributed by atoms with Crippen molar-refractivity contribution < 1.29 is 9.53 Å². The molecule has 3 nitrogen and oxygen atoms in total. The van der Waals surface area contributed by atoms with E-state index < -0.39 is 0 Å². The number of methoxy groups -OCH3 is 1. The maximum Gasteiger partial charge on any atom is 0.232 e. The van der Waals surface area contributed by atoms with Crippen molar-refractivity contribution in [1.29, 1.82) is 0 Å². The van der Waals surface area contributed by atoms with E-state index in [4.69, 9.17) is 4.74 Å². The second kappa shape index (κ2) is 8.25. The van der Waals surface area contributed by atoms with Gasteiger partial charge in [-0.15, -0.1) is 11.8 Å². The number of thioether (sulfide) groups is 1. The van der Waals surface area contributed by atoms with E-state index in [9.17, 15) is 4.79 Å². The van der Waals surface area contributed by atoms with Gasteiger partial charge < -0.3 is 9.64 Å². The molecule has 0 aromatic heterocycles. The van der Waals surface area contributed by atoms with Crippen LogP contribution in [0.25, 0.3) is 0 Å². The Morgan fingerprint density at radius 1 is 1.23 bits per heavy atom. The zero-order valence-electron chi connectivity index (χ0n) is 12.6. The molecule has 0 aliphatic carbocycles. The molecule has 0 bridgehead atoms. The summed E-state index contributed by atoms with van der Waals surface area (Å²) in [6.07, 6.45) is 0. The maximum atomic E-state index is 12.3. The van der Waals surface area contributed by atoms with Gasteiger partial charge in [0, 0.05) is 28.5 Å². The van der Waals surface area contributed by atoms with E-state index in [0.717, 1.165) is 20.7 Å². The Kier molecular flexibility index (Phi) is 6.34. The van der Waals surface area contributed by atoms with Crippen LogP contribution in [0.15, 0.2) is 57.9 Å². The zero-order chi connectivity index (χ0) is 15.9. The predicted molar refractivity (Wildman–Crippen MR) is 94.3 cm³/mol. The molecule has 2 aromatic rings. The first kappa shape index (κ1) is 16.9. The van der Waals surface area contributed by atoms with Gasteiger partial charge in [0.1, 0.15) is 5.75 Å². The lowest BCUT2D eigenvalue weighted by Crippen LogP contribution is -2.27. The average molecular weight is 380 g/mol. The second-order valence-corrected chi connectivity index (χ2v) is 6.77. The van der Waals surface area contributed by atoms with Crippen molar-refractivity contribution in [3.63, 3.8) is 0 Å². The van der Waals surface area contributed by atoms with Crippen LogP contribution in [-0.4, -0.2) is 30.7 Å². The number of rotatable bonds is 6. The van der Waals surface area contributed by atoms with Crippen LogP contribution in [0.5, 0.6) is 5.75 Å². The van der Waals surface area contributed by atoms with Crippen LogP contribution in [0.1, 0.15) is 5.56 Å². The highest BCUT2D eigenvalue weighted by Gasteiger charge is 2.12. The zero-order valence-corrected chi connectivity index (χ0v) is 15.0. The summed E-state index contributed by atoms with van der Waals surface area (Å²) in [5.74, 6) is 1.32. The van der Waals surface area contributed by atoms with Crippen LogP contribution in [0.2, 0.25) is 0 Å². The third-order valence-corrected chi connectivity index (χ3v) is 4.66. The van der Waals surface area contributed by atoms with E-state index in [-0.39, 0.29) is 5.91 Å². The Hall–Kier alpha value is -1.46. The minimum Gasteiger partial charge on any atom is -0.496 e. The molecular formula is C17H18BrNO2S. The van der Waals surface area contributed by atoms with Crippen LogP contribution >= 0.6 is 27.7 Å². The van der Waals surface area contributed by atoms with Crippen LogP contribution in [0.3, 0.4) is 0 Å². The van der Waals surface area contributed by atoms with Crippen molar-refractivity contribution in [3.8, 4) is 5.75 Å². The molecular weight excluding hydrogens is 362 g/mol. The third-order valence-electron chi connectivity index (χ3n) is 3.18. The van der Waals surface area contributed by atoms with Gasteiger partial charge in [-0.2, -0.15) is 0 Å². The summed E-state index contributed by atoms with van der Waals surface area (Å²) < 4.78 is 6.34. The number of ether oxygens (including phenoxy) is 1. The number of hydrogen-bond donors (Lipinski definition) is 0. The maximum absolute atomic E-state index is 12.3. The molecule has 0 saturated heterocycles. The fourth-order valence-corrected chi connectivity index (χ4v) is 3.44. The number of amides is 1. The van der Waals surface area contributed by atoms with Crippen molar-refractivity contribution in [2.24, 2.45) is 0 Å². The van der Waals surface area contributed by atoms with Gasteiger partial charge in [-0.05, 0) is 24.3 Å². The van der Waals surface area contributed by atoms with Gasteiger partial charge in [-0.25, -0.2) is 0 Å². The van der Waals surface area contributed by atoms with Crippen molar-refractivity contribution in [2.45, 2.75) is 11.4 Å². The molecule has 0 heterocycles. The minimum atomic E-state index is 0.0934. The van der Waals surface area contributed by atoms with Gasteiger partial charge in [-0.3, -0.25) is 4.79 Å². The Morgan fingerprint density at radius 2 is 2.00 bits per heavy atom. The molecule has 0 fully saturated rings. The number of carbonyl (C=O) groups excluding carboxylic acids is 1. The highest BCUT2D eigenvalue weighted by molar-refractivity contribution is 9.10. The van der Waals surface area contributed by atoms with Gasteiger partial charge in [0.25, 0.3) is 0 Å².